The van der Waals surface area contributed by atoms with Gasteiger partial charge in [-0.1, -0.05) is 5.21 Å². The maximum Gasteiger partial charge on any atom is 0.282 e. The van der Waals surface area contributed by atoms with Crippen LogP contribution in [0.2, 0.25) is 0 Å². The molecule has 1 amide bonds. The summed E-state index contributed by atoms with van der Waals surface area (Å²) in [5, 5.41) is 20.9. The van der Waals surface area contributed by atoms with Crippen LogP contribution in [0.4, 0.5) is 0 Å². The monoisotopic (exact) mass is 388 g/mol. The Labute approximate surface area is 152 Å². The van der Waals surface area contributed by atoms with Crippen LogP contribution in [-0.4, -0.2) is 95.1 Å². The van der Waals surface area contributed by atoms with E-state index in [1.165, 1.54) is 26.5 Å². The number of piperidine rings is 1. The standard InChI is InChI=1S/C14H24N6O5S/c1-15-13(21)12-10-18(17-16-12)11-14(22)2-4-19(5-3-14)26(23,24)20-6-8-25-9-7-20/h10,22H,2-9,11H2,1H3,(H,15,21). The van der Waals surface area contributed by atoms with E-state index >= 15 is 0 Å². The highest BCUT2D eigenvalue weighted by molar-refractivity contribution is 7.86. The molecule has 12 heteroatoms. The molecule has 11 nitrogen and oxygen atoms in total. The van der Waals surface area contributed by atoms with E-state index in [0.29, 0.717) is 26.3 Å². The van der Waals surface area contributed by atoms with Gasteiger partial charge in [0.25, 0.3) is 16.1 Å². The molecule has 1 aromatic rings. The SMILES string of the molecule is CNC(=O)c1cn(CC2(O)CCN(S(=O)(=O)N3CCOCC3)CC2)nn1. The maximum absolute atomic E-state index is 12.7. The minimum atomic E-state index is -3.53. The van der Waals surface area contributed by atoms with E-state index in [1.807, 2.05) is 0 Å². The van der Waals surface area contributed by atoms with Gasteiger partial charge in [-0.05, 0) is 12.8 Å². The van der Waals surface area contributed by atoms with Gasteiger partial charge in [0.05, 0.1) is 31.6 Å². The molecule has 146 valence electrons. The van der Waals surface area contributed by atoms with Crippen LogP contribution in [0.25, 0.3) is 0 Å². The van der Waals surface area contributed by atoms with Crippen LogP contribution in [0.1, 0.15) is 23.3 Å². The fraction of sp³-hybridized carbons (Fsp3) is 0.786. The molecule has 3 rings (SSSR count). The number of amides is 1. The van der Waals surface area contributed by atoms with Crippen molar-refractivity contribution in [1.82, 2.24) is 28.9 Å². The van der Waals surface area contributed by atoms with E-state index in [0.717, 1.165) is 0 Å². The minimum absolute atomic E-state index is 0.155. The van der Waals surface area contributed by atoms with Gasteiger partial charge in [0, 0.05) is 33.2 Å². The van der Waals surface area contributed by atoms with Crippen molar-refractivity contribution in [3.8, 4) is 0 Å². The van der Waals surface area contributed by atoms with Gasteiger partial charge in [-0.25, -0.2) is 4.68 Å². The molecule has 2 saturated heterocycles. The van der Waals surface area contributed by atoms with Crippen molar-refractivity contribution < 1.29 is 23.1 Å². The topological polar surface area (TPSA) is 130 Å². The molecule has 0 unspecified atom stereocenters. The smallest absolute Gasteiger partial charge is 0.282 e. The quantitative estimate of drug-likeness (QED) is 0.599. The molecule has 26 heavy (non-hydrogen) atoms. The third kappa shape index (κ3) is 4.04. The van der Waals surface area contributed by atoms with Gasteiger partial charge in [-0.2, -0.15) is 17.0 Å². The Morgan fingerprint density at radius 1 is 1.27 bits per heavy atom. The molecular formula is C14H24N6O5S. The van der Waals surface area contributed by atoms with E-state index < -0.39 is 15.8 Å². The highest BCUT2D eigenvalue weighted by atomic mass is 32.2. The number of morpholine rings is 1. The van der Waals surface area contributed by atoms with Crippen molar-refractivity contribution in [3.63, 3.8) is 0 Å². The molecular weight excluding hydrogens is 364 g/mol. The molecule has 0 aromatic carbocycles. The lowest BCUT2D eigenvalue weighted by Crippen LogP contribution is -2.54. The number of carbonyl (C=O) groups is 1. The normalized spacial score (nSPS) is 22.2. The average Bonchev–Trinajstić information content (AvgIpc) is 3.10. The number of carbonyl (C=O) groups excluding carboxylic acids is 1. The summed E-state index contributed by atoms with van der Waals surface area (Å²) in [7, 11) is -2.03. The molecule has 0 spiro atoms. The second-order valence-corrected chi connectivity index (χ2v) is 8.45. The lowest BCUT2D eigenvalue weighted by molar-refractivity contribution is -0.0239. The van der Waals surface area contributed by atoms with E-state index in [2.05, 4.69) is 15.6 Å². The van der Waals surface area contributed by atoms with E-state index in [-0.39, 0.29) is 44.1 Å². The molecule has 0 bridgehead atoms. The summed E-state index contributed by atoms with van der Waals surface area (Å²) in [6.07, 6.45) is 2.03. The number of nitrogens with zero attached hydrogens (tertiary/aromatic N) is 5. The number of rotatable bonds is 5. The summed E-state index contributed by atoms with van der Waals surface area (Å²) in [5.41, 5.74) is -0.923. The van der Waals surface area contributed by atoms with Gasteiger partial charge in [0.2, 0.25) is 0 Å². The van der Waals surface area contributed by atoms with Crippen LogP contribution < -0.4 is 5.32 Å². The Morgan fingerprint density at radius 3 is 2.50 bits per heavy atom. The summed E-state index contributed by atoms with van der Waals surface area (Å²) in [4.78, 5) is 11.5. The Morgan fingerprint density at radius 2 is 1.88 bits per heavy atom. The van der Waals surface area contributed by atoms with Gasteiger partial charge < -0.3 is 15.2 Å². The first kappa shape index (κ1) is 19.2. The second kappa shape index (κ2) is 7.56. The predicted molar refractivity (Wildman–Crippen MR) is 90.5 cm³/mol. The molecule has 0 atom stereocenters. The number of aromatic nitrogens is 3. The number of ether oxygens (including phenoxy) is 1. The van der Waals surface area contributed by atoms with Crippen LogP contribution in [0.3, 0.4) is 0 Å². The Bertz CT molecular complexity index is 737. The fourth-order valence-electron chi connectivity index (χ4n) is 3.14. The highest BCUT2D eigenvalue weighted by Crippen LogP contribution is 2.26. The van der Waals surface area contributed by atoms with Crippen molar-refractivity contribution in [3.05, 3.63) is 11.9 Å². The van der Waals surface area contributed by atoms with Gasteiger partial charge >= 0.3 is 0 Å². The average molecular weight is 388 g/mol. The summed E-state index contributed by atoms with van der Waals surface area (Å²) >= 11 is 0. The van der Waals surface area contributed by atoms with Gasteiger partial charge in [-0.15, -0.1) is 5.10 Å². The molecule has 0 aliphatic carbocycles. The first-order valence-electron chi connectivity index (χ1n) is 8.52. The first-order chi connectivity index (χ1) is 12.3. The van der Waals surface area contributed by atoms with E-state index in [1.54, 1.807) is 0 Å². The first-order valence-corrected chi connectivity index (χ1v) is 9.91. The fourth-order valence-corrected chi connectivity index (χ4v) is 4.72. The Kier molecular flexibility index (Phi) is 5.58. The molecule has 0 saturated carbocycles. The highest BCUT2D eigenvalue weighted by Gasteiger charge is 2.39. The molecule has 2 fully saturated rings. The predicted octanol–water partition coefficient (Wildman–Crippen LogP) is -1.96. The number of aliphatic hydroxyl groups is 1. The largest absolute Gasteiger partial charge is 0.388 e. The minimum Gasteiger partial charge on any atom is -0.388 e. The Hall–Kier alpha value is -1.60. The van der Waals surface area contributed by atoms with Crippen molar-refractivity contribution in [2.75, 3.05) is 46.4 Å². The molecule has 2 N–H and O–H groups in total. The van der Waals surface area contributed by atoms with Crippen molar-refractivity contribution >= 4 is 16.1 Å². The van der Waals surface area contributed by atoms with Crippen LogP contribution >= 0.6 is 0 Å². The van der Waals surface area contributed by atoms with Gasteiger partial charge in [0.1, 0.15) is 0 Å². The zero-order chi connectivity index (χ0) is 18.8. The summed E-state index contributed by atoms with van der Waals surface area (Å²) < 4.78 is 34.8. The molecule has 2 aliphatic rings. The number of nitrogens with one attached hydrogen (secondary N) is 1. The molecule has 2 aliphatic heterocycles. The van der Waals surface area contributed by atoms with Gasteiger partial charge in [-0.3, -0.25) is 4.79 Å². The van der Waals surface area contributed by atoms with Gasteiger partial charge in [0.15, 0.2) is 5.69 Å². The lowest BCUT2D eigenvalue weighted by atomic mass is 9.92. The third-order valence-corrected chi connectivity index (χ3v) is 6.77. The van der Waals surface area contributed by atoms with Crippen molar-refractivity contribution in [2.45, 2.75) is 25.0 Å². The Balaban J connectivity index is 1.60. The molecule has 3 heterocycles. The summed E-state index contributed by atoms with van der Waals surface area (Å²) in [6.45, 7) is 2.12. The molecule has 0 radical (unpaired) electrons. The summed E-state index contributed by atoms with van der Waals surface area (Å²) in [5.74, 6) is -0.352. The van der Waals surface area contributed by atoms with Crippen molar-refractivity contribution in [2.24, 2.45) is 0 Å². The molecule has 1 aromatic heterocycles. The third-order valence-electron chi connectivity index (χ3n) is 4.73. The zero-order valence-electron chi connectivity index (χ0n) is 14.7. The lowest BCUT2D eigenvalue weighted by Gasteiger charge is -2.39. The van der Waals surface area contributed by atoms with Crippen molar-refractivity contribution in [1.29, 1.82) is 0 Å². The van der Waals surface area contributed by atoms with Crippen LogP contribution in [0.15, 0.2) is 6.20 Å². The zero-order valence-corrected chi connectivity index (χ0v) is 15.5. The number of hydrogen-bond acceptors (Lipinski definition) is 7. The van der Waals surface area contributed by atoms with Crippen LogP contribution in [0, 0.1) is 0 Å². The summed E-state index contributed by atoms with van der Waals surface area (Å²) in [6, 6.07) is 0. The van der Waals surface area contributed by atoms with Crippen LogP contribution in [0.5, 0.6) is 0 Å². The number of hydrogen-bond donors (Lipinski definition) is 2. The van der Waals surface area contributed by atoms with E-state index in [9.17, 15) is 18.3 Å². The van der Waals surface area contributed by atoms with Crippen LogP contribution in [-0.2, 0) is 21.5 Å². The van der Waals surface area contributed by atoms with E-state index in [4.69, 9.17) is 4.74 Å². The maximum atomic E-state index is 12.7. The second-order valence-electron chi connectivity index (χ2n) is 6.52.